The Hall–Kier alpha value is -0.890. The van der Waals surface area contributed by atoms with Crippen LogP contribution in [0.3, 0.4) is 0 Å². The largest absolute Gasteiger partial charge is 0.308 e. The predicted molar refractivity (Wildman–Crippen MR) is 78.6 cm³/mol. The Morgan fingerprint density at radius 1 is 1.06 bits per heavy atom. The van der Waals surface area contributed by atoms with E-state index in [1.165, 1.54) is 44.1 Å². The molecule has 0 radical (unpaired) electrons. The Kier molecular flexibility index (Phi) is 7.66. The molecule has 1 heterocycles. The fraction of sp³-hybridized carbons (Fsp3) is 0.688. The van der Waals surface area contributed by atoms with E-state index >= 15 is 0 Å². The molecular formula is C16H28N2. The summed E-state index contributed by atoms with van der Waals surface area (Å²) in [6, 6.07) is 5.19. The van der Waals surface area contributed by atoms with Crippen LogP contribution in [0.1, 0.15) is 70.9 Å². The van der Waals surface area contributed by atoms with E-state index in [9.17, 15) is 0 Å². The van der Waals surface area contributed by atoms with Crippen molar-refractivity contribution in [2.45, 2.75) is 71.4 Å². The first-order chi connectivity index (χ1) is 8.74. The molecule has 2 heteroatoms. The second kappa shape index (κ2) is 9.09. The molecule has 1 N–H and O–H groups in total. The lowest BCUT2D eigenvalue weighted by atomic mass is 10.1. The van der Waals surface area contributed by atoms with Gasteiger partial charge in [0.15, 0.2) is 0 Å². The van der Waals surface area contributed by atoms with Gasteiger partial charge in [0.1, 0.15) is 0 Å². The van der Waals surface area contributed by atoms with Crippen molar-refractivity contribution in [1.29, 1.82) is 0 Å². The minimum atomic E-state index is 0.415. The first kappa shape index (κ1) is 15.2. The van der Waals surface area contributed by atoms with E-state index in [-0.39, 0.29) is 0 Å². The number of aromatic nitrogens is 1. The lowest BCUT2D eigenvalue weighted by Gasteiger charge is -2.20. The van der Waals surface area contributed by atoms with Crippen molar-refractivity contribution in [3.63, 3.8) is 0 Å². The highest BCUT2D eigenvalue weighted by molar-refractivity contribution is 5.14. The molecule has 1 unspecified atom stereocenters. The van der Waals surface area contributed by atoms with Crippen molar-refractivity contribution in [3.8, 4) is 0 Å². The van der Waals surface area contributed by atoms with Gasteiger partial charge in [-0.15, -0.1) is 0 Å². The van der Waals surface area contributed by atoms with Gasteiger partial charge in [-0.25, -0.2) is 0 Å². The molecule has 1 aromatic rings. The van der Waals surface area contributed by atoms with Crippen LogP contribution in [0.5, 0.6) is 0 Å². The van der Waals surface area contributed by atoms with Crippen LogP contribution < -0.4 is 5.32 Å². The summed E-state index contributed by atoms with van der Waals surface area (Å²) in [5, 5.41) is 3.66. The monoisotopic (exact) mass is 248 g/mol. The van der Waals surface area contributed by atoms with Gasteiger partial charge < -0.3 is 5.32 Å². The number of rotatable bonds is 9. The van der Waals surface area contributed by atoms with Gasteiger partial charge in [0.05, 0.1) is 0 Å². The van der Waals surface area contributed by atoms with E-state index in [4.69, 9.17) is 0 Å². The summed E-state index contributed by atoms with van der Waals surface area (Å²) in [7, 11) is 0. The normalized spacial score (nSPS) is 14.4. The van der Waals surface area contributed by atoms with Crippen LogP contribution in [0.2, 0.25) is 0 Å². The van der Waals surface area contributed by atoms with E-state index in [1.807, 2.05) is 12.4 Å². The van der Waals surface area contributed by atoms with Gasteiger partial charge in [0.2, 0.25) is 0 Å². The smallest absolute Gasteiger partial charge is 0.0295 e. The van der Waals surface area contributed by atoms with Crippen LogP contribution in [-0.2, 0) is 0 Å². The van der Waals surface area contributed by atoms with Gasteiger partial charge in [-0.3, -0.25) is 4.98 Å². The van der Waals surface area contributed by atoms with Gasteiger partial charge in [0, 0.05) is 24.5 Å². The topological polar surface area (TPSA) is 24.9 Å². The molecule has 0 fully saturated rings. The molecule has 0 saturated heterocycles. The Morgan fingerprint density at radius 2 is 1.72 bits per heavy atom. The Labute approximate surface area is 112 Å². The minimum Gasteiger partial charge on any atom is -0.308 e. The first-order valence-corrected chi connectivity index (χ1v) is 7.40. The summed E-state index contributed by atoms with van der Waals surface area (Å²) < 4.78 is 0. The molecule has 2 atom stereocenters. The Bertz CT molecular complexity index is 297. The van der Waals surface area contributed by atoms with E-state index in [0.29, 0.717) is 12.1 Å². The van der Waals surface area contributed by atoms with Gasteiger partial charge in [-0.1, -0.05) is 39.0 Å². The number of nitrogens with zero attached hydrogens (tertiary/aromatic N) is 1. The predicted octanol–water partition coefficient (Wildman–Crippen LogP) is 4.48. The summed E-state index contributed by atoms with van der Waals surface area (Å²) in [5.41, 5.74) is 1.32. The first-order valence-electron chi connectivity index (χ1n) is 7.40. The van der Waals surface area contributed by atoms with Gasteiger partial charge in [-0.2, -0.15) is 0 Å². The summed E-state index contributed by atoms with van der Waals surface area (Å²) in [6.45, 7) is 6.78. The third kappa shape index (κ3) is 6.15. The summed E-state index contributed by atoms with van der Waals surface area (Å²) in [6.07, 6.45) is 11.8. The molecule has 102 valence electrons. The maximum Gasteiger partial charge on any atom is 0.0295 e. The number of unbranched alkanes of at least 4 members (excludes halogenated alkanes) is 4. The number of nitrogens with one attached hydrogen (secondary N) is 1. The molecule has 0 aliphatic carbocycles. The third-order valence-corrected chi connectivity index (χ3v) is 3.48. The second-order valence-corrected chi connectivity index (χ2v) is 5.27. The van der Waals surface area contributed by atoms with Crippen LogP contribution in [0.15, 0.2) is 24.5 Å². The van der Waals surface area contributed by atoms with E-state index < -0.39 is 0 Å². The van der Waals surface area contributed by atoms with Gasteiger partial charge in [-0.05, 0) is 38.0 Å². The average Bonchev–Trinajstić information content (AvgIpc) is 2.39. The molecule has 0 saturated carbocycles. The van der Waals surface area contributed by atoms with Crippen molar-refractivity contribution >= 4 is 0 Å². The maximum absolute atomic E-state index is 4.06. The van der Waals surface area contributed by atoms with E-state index in [0.717, 1.165) is 0 Å². The Morgan fingerprint density at radius 3 is 2.39 bits per heavy atom. The molecule has 1 rings (SSSR count). The van der Waals surface area contributed by atoms with Gasteiger partial charge >= 0.3 is 0 Å². The van der Waals surface area contributed by atoms with Crippen LogP contribution in [0, 0.1) is 0 Å². The molecule has 18 heavy (non-hydrogen) atoms. The summed E-state index contributed by atoms with van der Waals surface area (Å²) in [5.74, 6) is 0. The van der Waals surface area contributed by atoms with Crippen LogP contribution in [-0.4, -0.2) is 11.0 Å². The van der Waals surface area contributed by atoms with Crippen molar-refractivity contribution < 1.29 is 0 Å². The van der Waals surface area contributed by atoms with Crippen LogP contribution >= 0.6 is 0 Å². The highest BCUT2D eigenvalue weighted by atomic mass is 14.9. The number of hydrogen-bond donors (Lipinski definition) is 1. The van der Waals surface area contributed by atoms with Crippen molar-refractivity contribution in [1.82, 2.24) is 10.3 Å². The summed E-state index contributed by atoms with van der Waals surface area (Å²) in [4.78, 5) is 4.06. The zero-order valence-corrected chi connectivity index (χ0v) is 12.2. The van der Waals surface area contributed by atoms with Crippen LogP contribution in [0.4, 0.5) is 0 Å². The maximum atomic E-state index is 4.06. The molecule has 2 nitrogen and oxygen atoms in total. The Balaban J connectivity index is 2.17. The molecule has 0 spiro atoms. The molecule has 0 aromatic carbocycles. The molecule has 0 aliphatic rings. The SMILES string of the molecule is CCCCCCCC(C)N[C@H](C)c1ccncc1. The standard InChI is InChI=1S/C16H28N2/c1-4-5-6-7-8-9-14(2)18-15(3)16-10-12-17-13-11-16/h10-15,18H,4-9H2,1-3H3/t14?,15-/m1/s1. The number of pyridine rings is 1. The molecule has 0 aliphatic heterocycles. The highest BCUT2D eigenvalue weighted by Crippen LogP contribution is 2.13. The fourth-order valence-corrected chi connectivity index (χ4v) is 2.31. The third-order valence-electron chi connectivity index (χ3n) is 3.48. The average molecular weight is 248 g/mol. The lowest BCUT2D eigenvalue weighted by Crippen LogP contribution is -2.28. The zero-order chi connectivity index (χ0) is 13.2. The lowest BCUT2D eigenvalue weighted by molar-refractivity contribution is 0.436. The molecule has 0 amide bonds. The van der Waals surface area contributed by atoms with Gasteiger partial charge in [0.25, 0.3) is 0 Å². The number of hydrogen-bond acceptors (Lipinski definition) is 2. The minimum absolute atomic E-state index is 0.415. The zero-order valence-electron chi connectivity index (χ0n) is 12.2. The van der Waals surface area contributed by atoms with E-state index in [1.54, 1.807) is 0 Å². The highest BCUT2D eigenvalue weighted by Gasteiger charge is 2.08. The molecular weight excluding hydrogens is 220 g/mol. The van der Waals surface area contributed by atoms with E-state index in [2.05, 4.69) is 43.2 Å². The van der Waals surface area contributed by atoms with Crippen LogP contribution in [0.25, 0.3) is 0 Å². The quantitative estimate of drug-likeness (QED) is 0.652. The summed E-state index contributed by atoms with van der Waals surface area (Å²) >= 11 is 0. The van der Waals surface area contributed by atoms with Crippen molar-refractivity contribution in [2.75, 3.05) is 0 Å². The van der Waals surface area contributed by atoms with Crippen molar-refractivity contribution in [2.24, 2.45) is 0 Å². The van der Waals surface area contributed by atoms with Crippen molar-refractivity contribution in [3.05, 3.63) is 30.1 Å². The second-order valence-electron chi connectivity index (χ2n) is 5.27. The molecule has 0 bridgehead atoms. The fourth-order valence-electron chi connectivity index (χ4n) is 2.31. The molecule has 1 aromatic heterocycles.